The van der Waals surface area contributed by atoms with Crippen LogP contribution in [0.2, 0.25) is 5.02 Å². The van der Waals surface area contributed by atoms with Gasteiger partial charge in [-0.3, -0.25) is 0 Å². The summed E-state index contributed by atoms with van der Waals surface area (Å²) < 4.78 is 51.0. The largest absolute Gasteiger partial charge is 0.496 e. The van der Waals surface area contributed by atoms with Crippen LogP contribution in [-0.4, -0.2) is 38.9 Å². The summed E-state index contributed by atoms with van der Waals surface area (Å²) >= 11 is 6.12. The van der Waals surface area contributed by atoms with E-state index in [1.165, 1.54) is 47.8 Å². The molecule has 9 heteroatoms. The van der Waals surface area contributed by atoms with Crippen LogP contribution in [0.15, 0.2) is 41.3 Å². The van der Waals surface area contributed by atoms with Crippen LogP contribution >= 0.6 is 11.6 Å². The number of piperidine rings is 1. The number of esters is 1. The predicted octanol–water partition coefficient (Wildman–Crippen LogP) is 4.02. The zero-order chi connectivity index (χ0) is 21.0. The molecule has 0 atom stereocenters. The molecule has 1 aliphatic heterocycles. The highest BCUT2D eigenvalue weighted by atomic mass is 35.5. The molecule has 1 fully saturated rings. The van der Waals surface area contributed by atoms with Gasteiger partial charge >= 0.3 is 5.97 Å². The molecular formula is C20H21ClFNO5S. The lowest BCUT2D eigenvalue weighted by atomic mass is 10.2. The highest BCUT2D eigenvalue weighted by Crippen LogP contribution is 2.28. The van der Waals surface area contributed by atoms with Crippen molar-refractivity contribution in [1.82, 2.24) is 4.31 Å². The highest BCUT2D eigenvalue weighted by Gasteiger charge is 2.29. The van der Waals surface area contributed by atoms with E-state index in [1.54, 1.807) is 0 Å². The van der Waals surface area contributed by atoms with Crippen LogP contribution in [0.5, 0.6) is 5.75 Å². The Morgan fingerprint density at radius 1 is 1.14 bits per heavy atom. The first-order chi connectivity index (χ1) is 13.8. The number of benzene rings is 2. The lowest BCUT2D eigenvalue weighted by Crippen LogP contribution is -2.35. The smallest absolute Gasteiger partial charge is 0.338 e. The highest BCUT2D eigenvalue weighted by molar-refractivity contribution is 7.89. The van der Waals surface area contributed by atoms with Crippen molar-refractivity contribution in [3.8, 4) is 5.75 Å². The lowest BCUT2D eigenvalue weighted by Gasteiger charge is -2.26. The number of sulfonamides is 1. The van der Waals surface area contributed by atoms with Gasteiger partial charge in [-0.2, -0.15) is 4.31 Å². The molecule has 0 unspecified atom stereocenters. The molecule has 0 amide bonds. The van der Waals surface area contributed by atoms with Gasteiger partial charge in [0.15, 0.2) is 0 Å². The van der Waals surface area contributed by atoms with Gasteiger partial charge in [-0.25, -0.2) is 17.6 Å². The second-order valence-electron chi connectivity index (χ2n) is 6.64. The van der Waals surface area contributed by atoms with Crippen LogP contribution in [-0.2, 0) is 21.4 Å². The van der Waals surface area contributed by atoms with Crippen molar-refractivity contribution >= 4 is 27.6 Å². The Kier molecular flexibility index (Phi) is 6.77. The number of methoxy groups -OCH3 is 1. The number of ether oxygens (including phenoxy) is 2. The molecule has 29 heavy (non-hydrogen) atoms. The van der Waals surface area contributed by atoms with Gasteiger partial charge in [0.25, 0.3) is 0 Å². The number of hydrogen-bond acceptors (Lipinski definition) is 5. The first kappa shape index (κ1) is 21.5. The standard InChI is InChI=1S/C20H21ClFNO5S/c1-27-18-8-6-16(22)11-15(18)13-28-20(24)14-5-7-17(21)19(12-14)29(25,26)23-9-3-2-4-10-23/h5-8,11-12H,2-4,9-10,13H2,1H3. The summed E-state index contributed by atoms with van der Waals surface area (Å²) in [6.07, 6.45) is 2.55. The fourth-order valence-corrected chi connectivity index (χ4v) is 5.18. The van der Waals surface area contributed by atoms with Gasteiger partial charge in [0.1, 0.15) is 23.1 Å². The third-order valence-electron chi connectivity index (χ3n) is 4.70. The summed E-state index contributed by atoms with van der Waals surface area (Å²) in [4.78, 5) is 12.3. The van der Waals surface area contributed by atoms with E-state index < -0.39 is 21.8 Å². The van der Waals surface area contributed by atoms with Crippen molar-refractivity contribution in [2.75, 3.05) is 20.2 Å². The molecule has 1 aliphatic rings. The van der Waals surface area contributed by atoms with Crippen molar-refractivity contribution in [2.24, 2.45) is 0 Å². The van der Waals surface area contributed by atoms with Gasteiger partial charge < -0.3 is 9.47 Å². The molecule has 0 saturated carbocycles. The van der Waals surface area contributed by atoms with Gasteiger partial charge in [-0.05, 0) is 49.2 Å². The number of nitrogens with zero attached hydrogens (tertiary/aromatic N) is 1. The molecule has 6 nitrogen and oxygen atoms in total. The van der Waals surface area contributed by atoms with Gasteiger partial charge in [-0.1, -0.05) is 18.0 Å². The van der Waals surface area contributed by atoms with Crippen LogP contribution in [0, 0.1) is 5.82 Å². The van der Waals surface area contributed by atoms with Crippen molar-refractivity contribution in [3.05, 3.63) is 58.4 Å². The molecule has 1 saturated heterocycles. The van der Waals surface area contributed by atoms with Gasteiger partial charge in [-0.15, -0.1) is 0 Å². The Morgan fingerprint density at radius 3 is 2.55 bits per heavy atom. The topological polar surface area (TPSA) is 72.9 Å². The van der Waals surface area contributed by atoms with Gasteiger partial charge in [0.05, 0.1) is 17.7 Å². The minimum atomic E-state index is -3.81. The Morgan fingerprint density at radius 2 is 1.86 bits per heavy atom. The van der Waals surface area contributed by atoms with E-state index >= 15 is 0 Å². The maximum Gasteiger partial charge on any atom is 0.338 e. The molecule has 0 N–H and O–H groups in total. The summed E-state index contributed by atoms with van der Waals surface area (Å²) in [5, 5.41) is 0.0407. The molecule has 2 aromatic rings. The van der Waals surface area contributed by atoms with E-state index in [4.69, 9.17) is 21.1 Å². The molecule has 0 radical (unpaired) electrons. The Labute approximate surface area is 174 Å². The SMILES string of the molecule is COc1ccc(F)cc1COC(=O)c1ccc(Cl)c(S(=O)(=O)N2CCCCC2)c1. The maximum absolute atomic E-state index is 13.5. The zero-order valence-corrected chi connectivity index (χ0v) is 17.4. The molecule has 0 aliphatic carbocycles. The molecule has 1 heterocycles. The van der Waals surface area contributed by atoms with E-state index in [1.807, 2.05) is 0 Å². The summed E-state index contributed by atoms with van der Waals surface area (Å²) in [7, 11) is -2.38. The minimum absolute atomic E-state index is 0.0407. The molecule has 3 rings (SSSR count). The van der Waals surface area contributed by atoms with Crippen molar-refractivity contribution in [1.29, 1.82) is 0 Å². The van der Waals surface area contributed by atoms with Crippen LogP contribution in [0.1, 0.15) is 35.2 Å². The molecule has 0 bridgehead atoms. The molecule has 2 aromatic carbocycles. The first-order valence-electron chi connectivity index (χ1n) is 9.12. The van der Waals surface area contributed by atoms with E-state index in [0.29, 0.717) is 24.4 Å². The monoisotopic (exact) mass is 441 g/mol. The predicted molar refractivity (Wildman–Crippen MR) is 106 cm³/mol. The van der Waals surface area contributed by atoms with E-state index in [0.717, 1.165) is 19.3 Å². The fourth-order valence-electron chi connectivity index (χ4n) is 3.16. The van der Waals surface area contributed by atoms with Crippen LogP contribution in [0.25, 0.3) is 0 Å². The van der Waals surface area contributed by atoms with Gasteiger partial charge in [0, 0.05) is 18.7 Å². The van der Waals surface area contributed by atoms with E-state index in [2.05, 4.69) is 0 Å². The second kappa shape index (κ2) is 9.11. The van der Waals surface area contributed by atoms with Crippen LogP contribution in [0.3, 0.4) is 0 Å². The van der Waals surface area contributed by atoms with Crippen molar-refractivity contribution in [2.45, 2.75) is 30.8 Å². The summed E-state index contributed by atoms with van der Waals surface area (Å²) in [6.45, 7) is 0.621. The number of hydrogen-bond donors (Lipinski definition) is 0. The normalized spacial score (nSPS) is 15.1. The fraction of sp³-hybridized carbons (Fsp3) is 0.350. The second-order valence-corrected chi connectivity index (χ2v) is 8.96. The maximum atomic E-state index is 13.5. The number of halogens is 2. The molecule has 156 valence electrons. The summed E-state index contributed by atoms with van der Waals surface area (Å²) in [6, 6.07) is 7.85. The third kappa shape index (κ3) is 4.88. The Balaban J connectivity index is 1.80. The van der Waals surface area contributed by atoms with Crippen LogP contribution < -0.4 is 4.74 Å². The summed E-state index contributed by atoms with van der Waals surface area (Å²) in [5.41, 5.74) is 0.399. The third-order valence-corrected chi connectivity index (χ3v) is 7.08. The first-order valence-corrected chi connectivity index (χ1v) is 10.9. The van der Waals surface area contributed by atoms with E-state index in [-0.39, 0.29) is 22.1 Å². The Bertz CT molecular complexity index is 1010. The average molecular weight is 442 g/mol. The zero-order valence-electron chi connectivity index (χ0n) is 15.9. The Hall–Kier alpha value is -2.16. The van der Waals surface area contributed by atoms with Gasteiger partial charge in [0.2, 0.25) is 10.0 Å². The van der Waals surface area contributed by atoms with Crippen molar-refractivity contribution < 1.29 is 27.1 Å². The average Bonchev–Trinajstić information content (AvgIpc) is 2.73. The number of carbonyl (C=O) groups excluding carboxylic acids is 1. The number of rotatable bonds is 6. The van der Waals surface area contributed by atoms with Crippen LogP contribution in [0.4, 0.5) is 4.39 Å². The molecule has 0 aromatic heterocycles. The minimum Gasteiger partial charge on any atom is -0.496 e. The quantitative estimate of drug-likeness (QED) is 0.633. The summed E-state index contributed by atoms with van der Waals surface area (Å²) in [5.74, 6) is -0.856. The number of carbonyl (C=O) groups is 1. The van der Waals surface area contributed by atoms with E-state index in [9.17, 15) is 17.6 Å². The van der Waals surface area contributed by atoms with Crippen molar-refractivity contribution in [3.63, 3.8) is 0 Å². The lowest BCUT2D eigenvalue weighted by molar-refractivity contribution is 0.0469. The molecule has 0 spiro atoms. The molecular weight excluding hydrogens is 421 g/mol.